The summed E-state index contributed by atoms with van der Waals surface area (Å²) < 4.78 is 6.03. The summed E-state index contributed by atoms with van der Waals surface area (Å²) in [5.74, 6) is 0.690. The van der Waals surface area contributed by atoms with E-state index in [2.05, 4.69) is 0 Å². The normalized spacial score (nSPS) is 10.9. The van der Waals surface area contributed by atoms with Crippen molar-refractivity contribution >= 4 is 34.9 Å². The molecule has 3 nitrogen and oxygen atoms in total. The lowest BCUT2D eigenvalue weighted by atomic mass is 10.1. The topological polar surface area (TPSA) is 29.5 Å². The summed E-state index contributed by atoms with van der Waals surface area (Å²) >= 11 is 7.38. The average molecular weight is 336 g/mol. The predicted molar refractivity (Wildman–Crippen MR) is 92.6 cm³/mol. The lowest BCUT2D eigenvalue weighted by Crippen LogP contribution is -2.23. The minimum Gasteiger partial charge on any atom is -0.496 e. The Hall–Kier alpha value is -1.78. The summed E-state index contributed by atoms with van der Waals surface area (Å²) in [5, 5.41) is 0. The maximum absolute atomic E-state index is 12.2. The molecule has 0 radical (unpaired) electrons. The van der Waals surface area contributed by atoms with E-state index >= 15 is 0 Å². The molecule has 0 atom stereocenters. The van der Waals surface area contributed by atoms with Crippen LogP contribution in [0.1, 0.15) is 16.0 Å². The van der Waals surface area contributed by atoms with Gasteiger partial charge >= 0.3 is 0 Å². The van der Waals surface area contributed by atoms with E-state index in [1.807, 2.05) is 37.3 Å². The van der Waals surface area contributed by atoms with Crippen LogP contribution in [0.4, 0.5) is 0 Å². The number of carbonyl (C=O) groups is 1. The molecule has 1 amide bonds. The Bertz CT molecular complexity index is 694. The number of methoxy groups -OCH3 is 1. The largest absolute Gasteiger partial charge is 0.496 e. The minimum atomic E-state index is -0.0620. The van der Waals surface area contributed by atoms with E-state index in [1.165, 1.54) is 11.3 Å². The van der Waals surface area contributed by atoms with Gasteiger partial charge in [0.05, 0.1) is 18.0 Å². The molecule has 0 aliphatic heterocycles. The first-order valence-electron chi connectivity index (χ1n) is 6.81. The van der Waals surface area contributed by atoms with Gasteiger partial charge in [-0.1, -0.05) is 23.2 Å². The quantitative estimate of drug-likeness (QED) is 0.758. The molecule has 1 aromatic heterocycles. The van der Waals surface area contributed by atoms with Gasteiger partial charge < -0.3 is 9.64 Å². The number of nitrogens with zero attached hydrogens (tertiary/aromatic N) is 1. The van der Waals surface area contributed by atoms with Crippen LogP contribution in [0, 0.1) is 6.92 Å². The molecule has 0 fully saturated rings. The molecule has 116 valence electrons. The van der Waals surface area contributed by atoms with E-state index < -0.39 is 0 Å². The second-order valence-corrected chi connectivity index (χ2v) is 6.78. The van der Waals surface area contributed by atoms with Gasteiger partial charge in [0.2, 0.25) is 5.91 Å². The van der Waals surface area contributed by atoms with Crippen molar-refractivity contribution < 1.29 is 9.53 Å². The monoisotopic (exact) mass is 335 g/mol. The lowest BCUT2D eigenvalue weighted by Gasteiger charge is -2.13. The molecule has 1 heterocycles. The zero-order valence-corrected chi connectivity index (χ0v) is 14.4. The van der Waals surface area contributed by atoms with Gasteiger partial charge in [0.1, 0.15) is 5.75 Å². The summed E-state index contributed by atoms with van der Waals surface area (Å²) in [7, 11) is 3.39. The van der Waals surface area contributed by atoms with Crippen molar-refractivity contribution in [2.75, 3.05) is 14.2 Å². The summed E-state index contributed by atoms with van der Waals surface area (Å²) in [6.45, 7) is 2.55. The summed E-state index contributed by atoms with van der Waals surface area (Å²) in [4.78, 5) is 14.9. The van der Waals surface area contributed by atoms with Crippen molar-refractivity contribution in [2.45, 2.75) is 13.5 Å². The van der Waals surface area contributed by atoms with Gasteiger partial charge in [-0.2, -0.15) is 0 Å². The smallest absolute Gasteiger partial charge is 0.246 e. The molecule has 2 aromatic rings. The fraction of sp³-hybridized carbons (Fsp3) is 0.235. The van der Waals surface area contributed by atoms with E-state index in [0.717, 1.165) is 26.1 Å². The lowest BCUT2D eigenvalue weighted by molar-refractivity contribution is -0.125. The van der Waals surface area contributed by atoms with E-state index in [-0.39, 0.29) is 5.91 Å². The molecule has 0 aliphatic rings. The first kappa shape index (κ1) is 16.6. The Morgan fingerprint density at radius 2 is 2.14 bits per heavy atom. The van der Waals surface area contributed by atoms with Gasteiger partial charge in [0.15, 0.2) is 0 Å². The summed E-state index contributed by atoms with van der Waals surface area (Å²) in [6.07, 6.45) is 3.35. The van der Waals surface area contributed by atoms with Crippen LogP contribution in [0.25, 0.3) is 6.08 Å². The van der Waals surface area contributed by atoms with Gasteiger partial charge in [-0.05, 0) is 37.3 Å². The Morgan fingerprint density at radius 1 is 1.36 bits per heavy atom. The van der Waals surface area contributed by atoms with Crippen LogP contribution in [0.15, 0.2) is 36.4 Å². The SMILES string of the molecule is COc1ccc(C)cc1/C=C/C(=O)N(C)Cc1ccc(Cl)s1. The van der Waals surface area contributed by atoms with Crippen molar-refractivity contribution in [3.63, 3.8) is 0 Å². The third-order valence-electron chi connectivity index (χ3n) is 3.19. The molecular weight excluding hydrogens is 318 g/mol. The third kappa shape index (κ3) is 4.36. The van der Waals surface area contributed by atoms with Crippen LogP contribution in [-0.2, 0) is 11.3 Å². The highest BCUT2D eigenvalue weighted by molar-refractivity contribution is 7.16. The van der Waals surface area contributed by atoms with Crippen molar-refractivity contribution in [3.8, 4) is 5.75 Å². The second kappa shape index (κ2) is 7.47. The maximum Gasteiger partial charge on any atom is 0.246 e. The van der Waals surface area contributed by atoms with Gasteiger partial charge in [-0.25, -0.2) is 0 Å². The van der Waals surface area contributed by atoms with Crippen LogP contribution in [0.3, 0.4) is 0 Å². The molecule has 1 aromatic carbocycles. The third-order valence-corrected chi connectivity index (χ3v) is 4.40. The molecule has 22 heavy (non-hydrogen) atoms. The van der Waals surface area contributed by atoms with Crippen molar-refractivity contribution in [2.24, 2.45) is 0 Å². The predicted octanol–water partition coefficient (Wildman–Crippen LogP) is 4.39. The number of aryl methyl sites for hydroxylation is 1. The first-order valence-corrected chi connectivity index (χ1v) is 8.01. The van der Waals surface area contributed by atoms with Crippen molar-refractivity contribution in [1.29, 1.82) is 0 Å². The maximum atomic E-state index is 12.2. The minimum absolute atomic E-state index is 0.0620. The highest BCUT2D eigenvalue weighted by Crippen LogP contribution is 2.23. The molecular formula is C17H18ClNO2S. The molecule has 0 saturated carbocycles. The molecule has 0 bridgehead atoms. The van der Waals surface area contributed by atoms with Crippen LogP contribution in [-0.4, -0.2) is 25.0 Å². The van der Waals surface area contributed by atoms with Gasteiger partial charge in [0, 0.05) is 23.6 Å². The number of amides is 1. The second-order valence-electron chi connectivity index (χ2n) is 4.98. The van der Waals surface area contributed by atoms with Crippen molar-refractivity contribution in [1.82, 2.24) is 4.90 Å². The Balaban J connectivity index is 2.06. The highest BCUT2D eigenvalue weighted by atomic mass is 35.5. The number of halogens is 1. The summed E-state index contributed by atoms with van der Waals surface area (Å²) in [5.41, 5.74) is 2.01. The molecule has 0 aliphatic carbocycles. The molecule has 2 rings (SSSR count). The van der Waals surface area contributed by atoms with E-state index in [4.69, 9.17) is 16.3 Å². The number of rotatable bonds is 5. The highest BCUT2D eigenvalue weighted by Gasteiger charge is 2.08. The Morgan fingerprint density at radius 3 is 2.77 bits per heavy atom. The number of ether oxygens (including phenoxy) is 1. The molecule has 5 heteroatoms. The van der Waals surface area contributed by atoms with Crippen molar-refractivity contribution in [3.05, 3.63) is 56.7 Å². The van der Waals surface area contributed by atoms with Crippen LogP contribution in [0.5, 0.6) is 5.75 Å². The van der Waals surface area contributed by atoms with Gasteiger partial charge in [0.25, 0.3) is 0 Å². The van der Waals surface area contributed by atoms with E-state index in [1.54, 1.807) is 31.2 Å². The molecule has 0 N–H and O–H groups in total. The first-order chi connectivity index (χ1) is 10.5. The number of carbonyl (C=O) groups excluding carboxylic acids is 1. The molecule has 0 unspecified atom stereocenters. The van der Waals surface area contributed by atoms with Crippen LogP contribution < -0.4 is 4.74 Å². The standard InChI is InChI=1S/C17H18ClNO2S/c1-12-4-7-15(21-3)13(10-12)5-9-17(20)19(2)11-14-6-8-16(18)22-14/h4-10H,11H2,1-3H3/b9-5+. The number of likely N-dealkylation sites (N-methyl/N-ethyl adjacent to an activating group) is 1. The van der Waals surface area contributed by atoms with Gasteiger partial charge in [-0.3, -0.25) is 4.79 Å². The zero-order chi connectivity index (χ0) is 16.1. The number of hydrogen-bond acceptors (Lipinski definition) is 3. The molecule has 0 saturated heterocycles. The van der Waals surface area contributed by atoms with E-state index in [9.17, 15) is 4.79 Å². The van der Waals surface area contributed by atoms with Crippen LogP contribution in [0.2, 0.25) is 4.34 Å². The Kier molecular flexibility index (Phi) is 5.63. The van der Waals surface area contributed by atoms with Crippen LogP contribution >= 0.6 is 22.9 Å². The number of thiophene rings is 1. The zero-order valence-electron chi connectivity index (χ0n) is 12.8. The fourth-order valence-corrected chi connectivity index (χ4v) is 3.16. The van der Waals surface area contributed by atoms with E-state index in [0.29, 0.717) is 6.54 Å². The number of hydrogen-bond donors (Lipinski definition) is 0. The Labute approximate surface area is 139 Å². The number of benzene rings is 1. The van der Waals surface area contributed by atoms with Gasteiger partial charge in [-0.15, -0.1) is 11.3 Å². The molecule has 0 spiro atoms. The fourth-order valence-electron chi connectivity index (χ4n) is 2.02. The summed E-state index contributed by atoms with van der Waals surface area (Å²) in [6, 6.07) is 9.64. The average Bonchev–Trinajstić information content (AvgIpc) is 2.90.